The molecule has 1 saturated carbocycles. The lowest BCUT2D eigenvalue weighted by molar-refractivity contribution is -0.0950. The van der Waals surface area contributed by atoms with Crippen molar-refractivity contribution in [1.29, 1.82) is 0 Å². The SMILES string of the molecule is COC1(c2cc(F)cc(OCc3ccc(N(C)C(=O)NCC4CC4)cc3)c2)CCOCC1. The molecule has 6 nitrogen and oxygen atoms in total. The van der Waals surface area contributed by atoms with E-state index in [0.29, 0.717) is 44.3 Å². The smallest absolute Gasteiger partial charge is 0.321 e. The second kappa shape index (κ2) is 9.88. The van der Waals surface area contributed by atoms with Crippen molar-refractivity contribution in [2.24, 2.45) is 5.92 Å². The minimum absolute atomic E-state index is 0.103. The van der Waals surface area contributed by atoms with Crippen LogP contribution < -0.4 is 15.0 Å². The number of rotatable bonds is 8. The number of methoxy groups -OCH3 is 1. The van der Waals surface area contributed by atoms with Gasteiger partial charge in [-0.15, -0.1) is 0 Å². The number of carbonyl (C=O) groups excluding carboxylic acids is 1. The Morgan fingerprint density at radius 3 is 2.56 bits per heavy atom. The molecule has 2 aromatic carbocycles. The molecule has 0 bridgehead atoms. The average Bonchev–Trinajstić information content (AvgIpc) is 3.66. The first-order chi connectivity index (χ1) is 15.5. The number of anilines is 1. The molecule has 4 rings (SSSR count). The summed E-state index contributed by atoms with van der Waals surface area (Å²) in [6.45, 7) is 2.20. The number of halogens is 1. The van der Waals surface area contributed by atoms with Crippen molar-refractivity contribution in [1.82, 2.24) is 5.32 Å². The van der Waals surface area contributed by atoms with E-state index in [-0.39, 0.29) is 11.8 Å². The van der Waals surface area contributed by atoms with Crippen molar-refractivity contribution < 1.29 is 23.4 Å². The summed E-state index contributed by atoms with van der Waals surface area (Å²) in [6.07, 6.45) is 3.75. The number of urea groups is 1. The van der Waals surface area contributed by atoms with Crippen LogP contribution in [0.25, 0.3) is 0 Å². The topological polar surface area (TPSA) is 60.0 Å². The quantitative estimate of drug-likeness (QED) is 0.649. The van der Waals surface area contributed by atoms with E-state index in [2.05, 4.69) is 5.32 Å². The van der Waals surface area contributed by atoms with Gasteiger partial charge in [0.2, 0.25) is 0 Å². The summed E-state index contributed by atoms with van der Waals surface area (Å²) in [5.41, 5.74) is 1.95. The van der Waals surface area contributed by atoms with E-state index < -0.39 is 5.60 Å². The van der Waals surface area contributed by atoms with E-state index in [1.807, 2.05) is 30.3 Å². The molecule has 0 aromatic heterocycles. The van der Waals surface area contributed by atoms with Crippen molar-refractivity contribution in [3.63, 3.8) is 0 Å². The van der Waals surface area contributed by atoms with Crippen LogP contribution in [0.5, 0.6) is 5.75 Å². The Labute approximate surface area is 188 Å². The molecule has 32 heavy (non-hydrogen) atoms. The zero-order valence-electron chi connectivity index (χ0n) is 18.7. The summed E-state index contributed by atoms with van der Waals surface area (Å²) < 4.78 is 31.5. The summed E-state index contributed by atoms with van der Waals surface area (Å²) in [7, 11) is 3.41. The normalized spacial score (nSPS) is 17.6. The fourth-order valence-electron chi connectivity index (χ4n) is 3.99. The average molecular weight is 443 g/mol. The summed E-state index contributed by atoms with van der Waals surface area (Å²) in [5.74, 6) is 0.749. The van der Waals surface area contributed by atoms with Crippen LogP contribution in [0.15, 0.2) is 42.5 Å². The highest BCUT2D eigenvalue weighted by atomic mass is 19.1. The second-order valence-electron chi connectivity index (χ2n) is 8.63. The third-order valence-corrected chi connectivity index (χ3v) is 6.36. The number of benzene rings is 2. The lowest BCUT2D eigenvalue weighted by atomic mass is 9.86. The van der Waals surface area contributed by atoms with E-state index in [9.17, 15) is 9.18 Å². The lowest BCUT2D eigenvalue weighted by Gasteiger charge is -2.36. The van der Waals surface area contributed by atoms with Crippen molar-refractivity contribution >= 4 is 11.7 Å². The molecular weight excluding hydrogens is 411 g/mol. The molecule has 0 radical (unpaired) electrons. The number of carbonyl (C=O) groups is 1. The van der Waals surface area contributed by atoms with Gasteiger partial charge >= 0.3 is 6.03 Å². The molecule has 2 amide bonds. The first kappa shape index (κ1) is 22.6. The van der Waals surface area contributed by atoms with Gasteiger partial charge in [0.1, 0.15) is 18.2 Å². The summed E-state index contributed by atoms with van der Waals surface area (Å²) in [6, 6.07) is 12.2. The van der Waals surface area contributed by atoms with Crippen LogP contribution in [0, 0.1) is 11.7 Å². The van der Waals surface area contributed by atoms with Crippen molar-refractivity contribution in [3.8, 4) is 5.75 Å². The van der Waals surface area contributed by atoms with Gasteiger partial charge in [-0.3, -0.25) is 4.90 Å². The predicted molar refractivity (Wildman–Crippen MR) is 120 cm³/mol. The lowest BCUT2D eigenvalue weighted by Crippen LogP contribution is -2.38. The van der Waals surface area contributed by atoms with E-state index in [4.69, 9.17) is 14.2 Å². The number of amides is 2. The molecule has 1 heterocycles. The zero-order valence-corrected chi connectivity index (χ0v) is 18.7. The minimum atomic E-state index is -0.551. The zero-order chi connectivity index (χ0) is 22.6. The largest absolute Gasteiger partial charge is 0.489 e. The van der Waals surface area contributed by atoms with Crippen LogP contribution in [-0.4, -0.2) is 39.9 Å². The third kappa shape index (κ3) is 5.40. The Balaban J connectivity index is 1.38. The van der Waals surface area contributed by atoms with Gasteiger partial charge in [-0.2, -0.15) is 0 Å². The second-order valence-corrected chi connectivity index (χ2v) is 8.63. The van der Waals surface area contributed by atoms with Gasteiger partial charge in [0, 0.05) is 58.5 Å². The molecule has 1 aliphatic carbocycles. The maximum atomic E-state index is 14.3. The number of nitrogens with one attached hydrogen (secondary N) is 1. The summed E-state index contributed by atoms with van der Waals surface area (Å²) in [4.78, 5) is 13.9. The number of hydrogen-bond donors (Lipinski definition) is 1. The molecule has 0 unspecified atom stereocenters. The van der Waals surface area contributed by atoms with E-state index in [1.165, 1.54) is 25.0 Å². The molecule has 0 atom stereocenters. The van der Waals surface area contributed by atoms with Crippen LogP contribution >= 0.6 is 0 Å². The van der Waals surface area contributed by atoms with Crippen LogP contribution in [0.3, 0.4) is 0 Å². The maximum Gasteiger partial charge on any atom is 0.321 e. The Hall–Kier alpha value is -2.64. The molecule has 1 saturated heterocycles. The standard InChI is InChI=1S/C25H31FN2O4/c1-28(24(29)27-16-18-3-4-18)22-7-5-19(6-8-22)17-32-23-14-20(13-21(26)15-23)25(30-2)9-11-31-12-10-25/h5-8,13-15,18H,3-4,9-12,16-17H2,1-2H3,(H,27,29). The molecule has 2 fully saturated rings. The van der Waals surface area contributed by atoms with Crippen molar-refractivity contribution in [2.75, 3.05) is 38.8 Å². The first-order valence-electron chi connectivity index (χ1n) is 11.2. The molecule has 172 valence electrons. The van der Waals surface area contributed by atoms with Crippen LogP contribution in [-0.2, 0) is 21.7 Å². The van der Waals surface area contributed by atoms with Crippen LogP contribution in [0.4, 0.5) is 14.9 Å². The van der Waals surface area contributed by atoms with Gasteiger partial charge in [0.05, 0.1) is 5.60 Å². The van der Waals surface area contributed by atoms with Gasteiger partial charge in [0.25, 0.3) is 0 Å². The van der Waals surface area contributed by atoms with Gasteiger partial charge in [-0.25, -0.2) is 9.18 Å². The fourth-order valence-corrected chi connectivity index (χ4v) is 3.99. The molecule has 1 aliphatic heterocycles. The number of ether oxygens (including phenoxy) is 3. The van der Waals surface area contributed by atoms with E-state index in [0.717, 1.165) is 23.4 Å². The Morgan fingerprint density at radius 2 is 1.91 bits per heavy atom. The molecule has 1 N–H and O–H groups in total. The van der Waals surface area contributed by atoms with E-state index >= 15 is 0 Å². The van der Waals surface area contributed by atoms with Gasteiger partial charge in [0.15, 0.2) is 0 Å². The molecule has 7 heteroatoms. The predicted octanol–water partition coefficient (Wildman–Crippen LogP) is 4.61. The summed E-state index contributed by atoms with van der Waals surface area (Å²) in [5, 5.41) is 2.96. The molecule has 2 aliphatic rings. The van der Waals surface area contributed by atoms with Crippen LogP contribution in [0.2, 0.25) is 0 Å². The minimum Gasteiger partial charge on any atom is -0.489 e. The van der Waals surface area contributed by atoms with Gasteiger partial charge < -0.3 is 19.5 Å². The van der Waals surface area contributed by atoms with Gasteiger partial charge in [-0.05, 0) is 54.2 Å². The van der Waals surface area contributed by atoms with E-state index in [1.54, 1.807) is 19.1 Å². The summed E-state index contributed by atoms with van der Waals surface area (Å²) >= 11 is 0. The highest BCUT2D eigenvalue weighted by molar-refractivity contribution is 5.91. The molecule has 0 spiro atoms. The Morgan fingerprint density at radius 1 is 1.19 bits per heavy atom. The third-order valence-electron chi connectivity index (χ3n) is 6.36. The van der Waals surface area contributed by atoms with Crippen LogP contribution in [0.1, 0.15) is 36.8 Å². The molecule has 2 aromatic rings. The highest BCUT2D eigenvalue weighted by Crippen LogP contribution is 2.37. The molecular formula is C25H31FN2O4. The fraction of sp³-hybridized carbons (Fsp3) is 0.480. The van der Waals surface area contributed by atoms with Gasteiger partial charge in [-0.1, -0.05) is 12.1 Å². The van der Waals surface area contributed by atoms with Crippen molar-refractivity contribution in [2.45, 2.75) is 37.9 Å². The highest BCUT2D eigenvalue weighted by Gasteiger charge is 2.35. The first-order valence-corrected chi connectivity index (χ1v) is 11.2. The number of nitrogens with zero attached hydrogens (tertiary/aromatic N) is 1. The van der Waals surface area contributed by atoms with Crippen molar-refractivity contribution in [3.05, 3.63) is 59.4 Å². The monoisotopic (exact) mass is 442 g/mol. The maximum absolute atomic E-state index is 14.3. The Kier molecular flexibility index (Phi) is 6.96. The number of hydrogen-bond acceptors (Lipinski definition) is 4. The Bertz CT molecular complexity index is 924.